The van der Waals surface area contributed by atoms with Crippen LogP contribution in [0.4, 0.5) is 0 Å². The molecule has 0 atom stereocenters. The average molecular weight is 286 g/mol. The first kappa shape index (κ1) is 14.9. The van der Waals surface area contributed by atoms with E-state index >= 15 is 0 Å². The normalized spacial score (nSPS) is 12.8. The Balaban J connectivity index is 2.53. The van der Waals surface area contributed by atoms with Gasteiger partial charge >= 0.3 is 0 Å². The van der Waals surface area contributed by atoms with Crippen LogP contribution in [0.25, 0.3) is 17.2 Å². The molecule has 2 aromatic carbocycles. The molecule has 106 valence electrons. The average Bonchev–Trinajstić information content (AvgIpc) is 2.40. The van der Waals surface area contributed by atoms with Crippen LogP contribution < -0.4 is 0 Å². The Kier molecular flexibility index (Phi) is 4.36. The molecule has 1 N–H and O–H groups in total. The molecule has 0 aliphatic heterocycles. The molecular weight excluding hydrogens is 264 g/mol. The lowest BCUT2D eigenvalue weighted by Crippen LogP contribution is -1.94. The predicted octanol–water partition coefficient (Wildman–Crippen LogP) is 5.59. The highest BCUT2D eigenvalue weighted by Crippen LogP contribution is 2.45. The van der Waals surface area contributed by atoms with Crippen LogP contribution in [0.1, 0.15) is 18.1 Å². The van der Waals surface area contributed by atoms with Crippen molar-refractivity contribution in [2.75, 3.05) is 12.5 Å². The summed E-state index contributed by atoms with van der Waals surface area (Å²) in [6.07, 6.45) is 7.95. The molecule has 0 fully saturated rings. The number of rotatable bonds is 3. The van der Waals surface area contributed by atoms with Crippen molar-refractivity contribution in [3.05, 3.63) is 59.7 Å². The van der Waals surface area contributed by atoms with Gasteiger partial charge in [0.1, 0.15) is 0 Å². The fraction of sp³-hybridized carbons (Fsp3) is 0.222. The summed E-state index contributed by atoms with van der Waals surface area (Å²) in [7, 11) is -1.68. The van der Waals surface area contributed by atoms with E-state index in [2.05, 4.69) is 43.3 Å². The summed E-state index contributed by atoms with van der Waals surface area (Å²) in [5.41, 5.74) is 4.85. The quantitative estimate of drug-likeness (QED) is 0.779. The maximum absolute atomic E-state index is 10.2. The Morgan fingerprint density at radius 3 is 2.45 bits per heavy atom. The lowest BCUT2D eigenvalue weighted by molar-refractivity contribution is 0.637. The van der Waals surface area contributed by atoms with Gasteiger partial charge in [-0.1, -0.05) is 36.4 Å². The Bertz CT molecular complexity index is 636. The largest absolute Gasteiger partial charge is 0.348 e. The van der Waals surface area contributed by atoms with Crippen LogP contribution in [0.2, 0.25) is 0 Å². The maximum Gasteiger partial charge on any atom is 0.0125 e. The first-order chi connectivity index (χ1) is 9.41. The second-order valence-electron chi connectivity index (χ2n) is 5.38. The number of allylic oxidation sites excluding steroid dienone is 1. The fourth-order valence-corrected chi connectivity index (χ4v) is 3.05. The third kappa shape index (κ3) is 3.33. The monoisotopic (exact) mass is 286 g/mol. The Labute approximate surface area is 123 Å². The third-order valence-corrected chi connectivity index (χ3v) is 4.75. The van der Waals surface area contributed by atoms with Gasteiger partial charge in [-0.3, -0.25) is 0 Å². The summed E-state index contributed by atoms with van der Waals surface area (Å²) in [6.45, 7) is 4.15. The summed E-state index contributed by atoms with van der Waals surface area (Å²) >= 11 is 0. The van der Waals surface area contributed by atoms with Crippen LogP contribution >= 0.6 is 10.3 Å². The van der Waals surface area contributed by atoms with Crippen molar-refractivity contribution in [1.82, 2.24) is 0 Å². The molecule has 0 saturated carbocycles. The van der Waals surface area contributed by atoms with Gasteiger partial charge in [-0.05, 0) is 66.8 Å². The lowest BCUT2D eigenvalue weighted by atomic mass is 9.98. The van der Waals surface area contributed by atoms with Crippen molar-refractivity contribution in [3.8, 4) is 11.1 Å². The van der Waals surface area contributed by atoms with Crippen LogP contribution in [-0.4, -0.2) is 17.1 Å². The second-order valence-corrected chi connectivity index (χ2v) is 8.39. The van der Waals surface area contributed by atoms with Crippen molar-refractivity contribution in [2.24, 2.45) is 0 Å². The summed E-state index contributed by atoms with van der Waals surface area (Å²) in [4.78, 5) is 1.02. The first-order valence-corrected chi connectivity index (χ1v) is 9.12. The predicted molar refractivity (Wildman–Crippen MR) is 91.7 cm³/mol. The minimum Gasteiger partial charge on any atom is -0.348 e. The highest BCUT2D eigenvalue weighted by Gasteiger charge is 2.11. The van der Waals surface area contributed by atoms with Gasteiger partial charge in [-0.25, -0.2) is 0 Å². The number of aryl methyl sites for hydroxylation is 1. The molecule has 20 heavy (non-hydrogen) atoms. The van der Waals surface area contributed by atoms with Crippen LogP contribution in [0, 0.1) is 6.92 Å². The van der Waals surface area contributed by atoms with Crippen molar-refractivity contribution >= 4 is 16.4 Å². The van der Waals surface area contributed by atoms with Gasteiger partial charge in [0, 0.05) is 4.90 Å². The van der Waals surface area contributed by atoms with Crippen molar-refractivity contribution in [2.45, 2.75) is 18.7 Å². The minimum absolute atomic E-state index is 1.02. The van der Waals surface area contributed by atoms with Crippen molar-refractivity contribution in [1.29, 1.82) is 0 Å². The van der Waals surface area contributed by atoms with Gasteiger partial charge in [0.25, 0.3) is 0 Å². The van der Waals surface area contributed by atoms with E-state index in [1.807, 2.05) is 37.6 Å². The molecular formula is C18H22OS. The Morgan fingerprint density at radius 2 is 1.80 bits per heavy atom. The second kappa shape index (κ2) is 5.86. The van der Waals surface area contributed by atoms with E-state index in [4.69, 9.17) is 0 Å². The lowest BCUT2D eigenvalue weighted by Gasteiger charge is -2.24. The third-order valence-electron chi connectivity index (χ3n) is 3.34. The standard InChI is InChI=1S/C18H22OS/c1-5-7-15-11-10-14(2)18(12-15)16-8-6-9-17(13-16)20(3,4)19/h5-13,19H,1-4H3/b7-5+. The van der Waals surface area contributed by atoms with Crippen molar-refractivity contribution < 1.29 is 4.55 Å². The zero-order valence-electron chi connectivity index (χ0n) is 12.6. The topological polar surface area (TPSA) is 20.2 Å². The van der Waals surface area contributed by atoms with Gasteiger partial charge < -0.3 is 4.55 Å². The van der Waals surface area contributed by atoms with Gasteiger partial charge in [0.05, 0.1) is 0 Å². The molecule has 2 rings (SSSR count). The number of hydrogen-bond donors (Lipinski definition) is 1. The molecule has 0 aromatic heterocycles. The molecule has 0 heterocycles. The molecule has 0 bridgehead atoms. The highest BCUT2D eigenvalue weighted by atomic mass is 32.3. The van der Waals surface area contributed by atoms with E-state index in [0.717, 1.165) is 4.90 Å². The van der Waals surface area contributed by atoms with E-state index in [9.17, 15) is 4.55 Å². The maximum atomic E-state index is 10.2. The molecule has 0 unspecified atom stereocenters. The van der Waals surface area contributed by atoms with Crippen LogP contribution in [-0.2, 0) is 0 Å². The van der Waals surface area contributed by atoms with Gasteiger partial charge in [0.15, 0.2) is 0 Å². The molecule has 2 aromatic rings. The van der Waals surface area contributed by atoms with Gasteiger partial charge in [0.2, 0.25) is 0 Å². The zero-order chi connectivity index (χ0) is 14.8. The summed E-state index contributed by atoms with van der Waals surface area (Å²) < 4.78 is 10.2. The Hall–Kier alpha value is -1.51. The van der Waals surface area contributed by atoms with Crippen LogP contribution in [0.5, 0.6) is 0 Å². The van der Waals surface area contributed by atoms with E-state index < -0.39 is 10.3 Å². The summed E-state index contributed by atoms with van der Waals surface area (Å²) in [6, 6.07) is 14.7. The molecule has 0 aliphatic rings. The fourth-order valence-electron chi connectivity index (χ4n) is 2.22. The SMILES string of the molecule is C/C=C/c1ccc(C)c(-c2cccc(S(C)(C)O)c2)c1. The Morgan fingerprint density at radius 1 is 1.05 bits per heavy atom. The minimum atomic E-state index is -1.68. The van der Waals surface area contributed by atoms with Crippen molar-refractivity contribution in [3.63, 3.8) is 0 Å². The summed E-state index contributed by atoms with van der Waals surface area (Å²) in [5, 5.41) is 0. The molecule has 0 saturated heterocycles. The molecule has 0 amide bonds. The highest BCUT2D eigenvalue weighted by molar-refractivity contribution is 8.28. The van der Waals surface area contributed by atoms with Crippen LogP contribution in [0.15, 0.2) is 53.4 Å². The number of hydrogen-bond acceptors (Lipinski definition) is 1. The molecule has 0 spiro atoms. The first-order valence-electron chi connectivity index (χ1n) is 6.71. The molecule has 1 nitrogen and oxygen atoms in total. The van der Waals surface area contributed by atoms with Gasteiger partial charge in [-0.2, -0.15) is 0 Å². The molecule has 0 aliphatic carbocycles. The van der Waals surface area contributed by atoms with Gasteiger partial charge in [-0.15, -0.1) is 10.3 Å². The van der Waals surface area contributed by atoms with E-state index in [1.165, 1.54) is 22.3 Å². The summed E-state index contributed by atoms with van der Waals surface area (Å²) in [5.74, 6) is 0. The van der Waals surface area contributed by atoms with E-state index in [1.54, 1.807) is 0 Å². The molecule has 0 radical (unpaired) electrons. The number of benzene rings is 2. The van der Waals surface area contributed by atoms with E-state index in [-0.39, 0.29) is 0 Å². The van der Waals surface area contributed by atoms with E-state index in [0.29, 0.717) is 0 Å². The smallest absolute Gasteiger partial charge is 0.0125 e. The molecule has 2 heteroatoms. The van der Waals surface area contributed by atoms with Crippen LogP contribution in [0.3, 0.4) is 0 Å². The zero-order valence-corrected chi connectivity index (χ0v) is 13.4.